The number of hydrogen-bond acceptors (Lipinski definition) is 3. The Morgan fingerprint density at radius 3 is 2.38 bits per heavy atom. The third-order valence-corrected chi connectivity index (χ3v) is 4.48. The molecule has 2 heterocycles. The first-order valence-electron chi connectivity index (χ1n) is 8.46. The van der Waals surface area contributed by atoms with E-state index in [9.17, 15) is 0 Å². The third-order valence-electron chi connectivity index (χ3n) is 4.48. The molecule has 0 aliphatic rings. The second kappa shape index (κ2) is 6.27. The number of aromatic nitrogens is 3. The SMILES string of the molecule is COc1ccc2c(C(C)C)cc(-n3ccc(C(C)C)n3)nc2c1C. The molecule has 0 spiro atoms. The topological polar surface area (TPSA) is 39.9 Å². The van der Waals surface area contributed by atoms with Crippen molar-refractivity contribution in [1.29, 1.82) is 0 Å². The van der Waals surface area contributed by atoms with Crippen LogP contribution in [-0.4, -0.2) is 21.9 Å². The molecule has 126 valence electrons. The van der Waals surface area contributed by atoms with Crippen LogP contribution in [0.5, 0.6) is 5.75 Å². The molecular formula is C20H25N3O. The van der Waals surface area contributed by atoms with Crippen LogP contribution >= 0.6 is 0 Å². The van der Waals surface area contributed by atoms with Crippen molar-refractivity contribution in [3.63, 3.8) is 0 Å². The van der Waals surface area contributed by atoms with Gasteiger partial charge in [0, 0.05) is 17.1 Å². The van der Waals surface area contributed by atoms with Gasteiger partial charge < -0.3 is 4.74 Å². The molecule has 24 heavy (non-hydrogen) atoms. The van der Waals surface area contributed by atoms with E-state index < -0.39 is 0 Å². The largest absolute Gasteiger partial charge is 0.496 e. The molecule has 0 aliphatic heterocycles. The Balaban J connectivity index is 2.26. The number of ether oxygens (including phenoxy) is 1. The summed E-state index contributed by atoms with van der Waals surface area (Å²) in [6.45, 7) is 10.8. The number of rotatable bonds is 4. The van der Waals surface area contributed by atoms with Crippen molar-refractivity contribution in [2.24, 2.45) is 0 Å². The molecule has 2 aromatic heterocycles. The van der Waals surface area contributed by atoms with Gasteiger partial charge in [-0.15, -0.1) is 0 Å². The van der Waals surface area contributed by atoms with E-state index >= 15 is 0 Å². The minimum Gasteiger partial charge on any atom is -0.496 e. The van der Waals surface area contributed by atoms with Crippen LogP contribution in [0.1, 0.15) is 56.4 Å². The van der Waals surface area contributed by atoms with Crippen LogP contribution in [-0.2, 0) is 0 Å². The van der Waals surface area contributed by atoms with Gasteiger partial charge in [-0.2, -0.15) is 5.10 Å². The fourth-order valence-corrected chi connectivity index (χ4v) is 3.01. The highest BCUT2D eigenvalue weighted by molar-refractivity contribution is 5.88. The van der Waals surface area contributed by atoms with Crippen LogP contribution in [0.2, 0.25) is 0 Å². The molecule has 0 radical (unpaired) electrons. The number of methoxy groups -OCH3 is 1. The van der Waals surface area contributed by atoms with Gasteiger partial charge >= 0.3 is 0 Å². The molecule has 0 unspecified atom stereocenters. The van der Waals surface area contributed by atoms with Gasteiger partial charge in [-0.05, 0) is 48.6 Å². The lowest BCUT2D eigenvalue weighted by atomic mass is 9.97. The van der Waals surface area contributed by atoms with Crippen molar-refractivity contribution in [2.75, 3.05) is 7.11 Å². The Labute approximate surface area is 143 Å². The smallest absolute Gasteiger partial charge is 0.154 e. The standard InChI is InChI=1S/C20H25N3O/c1-12(2)16-11-19(23-10-9-17(22-23)13(3)4)21-20-14(5)18(24-6)8-7-15(16)20/h7-13H,1-6H3. The van der Waals surface area contributed by atoms with Gasteiger partial charge in [0.05, 0.1) is 18.3 Å². The maximum atomic E-state index is 5.47. The number of hydrogen-bond donors (Lipinski definition) is 0. The third kappa shape index (κ3) is 2.77. The van der Waals surface area contributed by atoms with E-state index in [2.05, 4.69) is 57.9 Å². The molecule has 0 bridgehead atoms. The van der Waals surface area contributed by atoms with E-state index in [0.717, 1.165) is 28.3 Å². The summed E-state index contributed by atoms with van der Waals surface area (Å²) in [4.78, 5) is 4.89. The van der Waals surface area contributed by atoms with Crippen molar-refractivity contribution in [1.82, 2.24) is 14.8 Å². The number of pyridine rings is 1. The molecule has 3 aromatic rings. The van der Waals surface area contributed by atoms with E-state index in [0.29, 0.717) is 11.8 Å². The van der Waals surface area contributed by atoms with E-state index in [1.54, 1.807) is 7.11 Å². The molecule has 0 N–H and O–H groups in total. The van der Waals surface area contributed by atoms with Gasteiger partial charge in [0.2, 0.25) is 0 Å². The predicted molar refractivity (Wildman–Crippen MR) is 98.3 cm³/mol. The van der Waals surface area contributed by atoms with Gasteiger partial charge in [0.1, 0.15) is 5.75 Å². The first-order chi connectivity index (χ1) is 11.4. The summed E-state index contributed by atoms with van der Waals surface area (Å²) in [5.41, 5.74) is 4.40. The fourth-order valence-electron chi connectivity index (χ4n) is 3.01. The molecule has 0 saturated heterocycles. The monoisotopic (exact) mass is 323 g/mol. The highest BCUT2D eigenvalue weighted by atomic mass is 16.5. The normalized spacial score (nSPS) is 11.7. The Kier molecular flexibility index (Phi) is 4.31. The second-order valence-electron chi connectivity index (χ2n) is 6.85. The van der Waals surface area contributed by atoms with Crippen molar-refractivity contribution in [2.45, 2.75) is 46.5 Å². The van der Waals surface area contributed by atoms with Crippen molar-refractivity contribution < 1.29 is 4.74 Å². The van der Waals surface area contributed by atoms with E-state index in [4.69, 9.17) is 9.72 Å². The second-order valence-corrected chi connectivity index (χ2v) is 6.85. The quantitative estimate of drug-likeness (QED) is 0.679. The summed E-state index contributed by atoms with van der Waals surface area (Å²) in [5.74, 6) is 2.53. The molecule has 0 fully saturated rings. The summed E-state index contributed by atoms with van der Waals surface area (Å²) in [6.07, 6.45) is 1.99. The molecule has 0 aliphatic carbocycles. The molecule has 0 atom stereocenters. The zero-order valence-electron chi connectivity index (χ0n) is 15.3. The highest BCUT2D eigenvalue weighted by Crippen LogP contribution is 2.32. The summed E-state index contributed by atoms with van der Waals surface area (Å²) >= 11 is 0. The highest BCUT2D eigenvalue weighted by Gasteiger charge is 2.15. The van der Waals surface area contributed by atoms with Gasteiger partial charge in [-0.3, -0.25) is 0 Å². The van der Waals surface area contributed by atoms with Crippen molar-refractivity contribution in [3.8, 4) is 11.6 Å². The molecule has 0 saturated carbocycles. The number of benzene rings is 1. The van der Waals surface area contributed by atoms with Crippen LogP contribution in [0.3, 0.4) is 0 Å². The fraction of sp³-hybridized carbons (Fsp3) is 0.400. The van der Waals surface area contributed by atoms with Crippen LogP contribution in [0.25, 0.3) is 16.7 Å². The van der Waals surface area contributed by atoms with Crippen molar-refractivity contribution in [3.05, 3.63) is 47.3 Å². The lowest BCUT2D eigenvalue weighted by Crippen LogP contribution is -2.04. The molecule has 4 heteroatoms. The van der Waals surface area contributed by atoms with Gasteiger partial charge in [-0.25, -0.2) is 9.67 Å². The first kappa shape index (κ1) is 16.5. The minimum atomic E-state index is 0.401. The Hall–Kier alpha value is -2.36. The van der Waals surface area contributed by atoms with Crippen molar-refractivity contribution >= 4 is 10.9 Å². The molecule has 1 aromatic carbocycles. The van der Waals surface area contributed by atoms with Crippen LogP contribution in [0, 0.1) is 6.92 Å². The summed E-state index contributed by atoms with van der Waals surface area (Å²) in [5, 5.41) is 5.87. The molecule has 4 nitrogen and oxygen atoms in total. The molecule has 0 amide bonds. The average molecular weight is 323 g/mol. The first-order valence-corrected chi connectivity index (χ1v) is 8.46. The zero-order chi connectivity index (χ0) is 17.4. The average Bonchev–Trinajstić information content (AvgIpc) is 3.04. The molecular weight excluding hydrogens is 298 g/mol. The lowest BCUT2D eigenvalue weighted by Gasteiger charge is -2.15. The predicted octanol–water partition coefficient (Wildman–Crippen LogP) is 4.98. The summed E-state index contributed by atoms with van der Waals surface area (Å²) in [6, 6.07) is 8.34. The Bertz CT molecular complexity index is 878. The molecule has 3 rings (SSSR count). The summed E-state index contributed by atoms with van der Waals surface area (Å²) in [7, 11) is 1.70. The number of nitrogens with zero attached hydrogens (tertiary/aromatic N) is 3. The zero-order valence-corrected chi connectivity index (χ0v) is 15.3. The van der Waals surface area contributed by atoms with Gasteiger partial charge in [-0.1, -0.05) is 27.7 Å². The Morgan fingerprint density at radius 1 is 1.04 bits per heavy atom. The number of fused-ring (bicyclic) bond motifs is 1. The maximum absolute atomic E-state index is 5.47. The van der Waals surface area contributed by atoms with Crippen LogP contribution < -0.4 is 4.74 Å². The lowest BCUT2D eigenvalue weighted by molar-refractivity contribution is 0.412. The summed E-state index contributed by atoms with van der Waals surface area (Å²) < 4.78 is 7.35. The van der Waals surface area contributed by atoms with Crippen LogP contribution in [0.4, 0.5) is 0 Å². The minimum absolute atomic E-state index is 0.401. The number of aryl methyl sites for hydroxylation is 1. The van der Waals surface area contributed by atoms with E-state index in [-0.39, 0.29) is 0 Å². The maximum Gasteiger partial charge on any atom is 0.154 e. The van der Waals surface area contributed by atoms with Gasteiger partial charge in [0.15, 0.2) is 5.82 Å². The Morgan fingerprint density at radius 2 is 1.79 bits per heavy atom. The van der Waals surface area contributed by atoms with E-state index in [1.807, 2.05) is 16.9 Å². The van der Waals surface area contributed by atoms with Gasteiger partial charge in [0.25, 0.3) is 0 Å². The van der Waals surface area contributed by atoms with E-state index in [1.165, 1.54) is 10.9 Å². The van der Waals surface area contributed by atoms with Crippen LogP contribution in [0.15, 0.2) is 30.5 Å².